The highest BCUT2D eigenvalue weighted by molar-refractivity contribution is 5.01. The van der Waals surface area contributed by atoms with Gasteiger partial charge in [-0.05, 0) is 0 Å². The van der Waals surface area contributed by atoms with Gasteiger partial charge in [0.2, 0.25) is 0 Å². The summed E-state index contributed by atoms with van der Waals surface area (Å²) in [6.45, 7) is 7.21. The van der Waals surface area contributed by atoms with Gasteiger partial charge in [-0.1, -0.05) is 13.8 Å². The van der Waals surface area contributed by atoms with E-state index < -0.39 is 0 Å². The molecular formula is C8H14N4. The monoisotopic (exact) mass is 166 g/mol. The van der Waals surface area contributed by atoms with Crippen molar-refractivity contribution >= 4 is 0 Å². The lowest BCUT2D eigenvalue weighted by molar-refractivity contribution is 0.486. The summed E-state index contributed by atoms with van der Waals surface area (Å²) in [6, 6.07) is 0. The lowest BCUT2D eigenvalue weighted by Crippen LogP contribution is -2.29. The van der Waals surface area contributed by atoms with Crippen molar-refractivity contribution < 1.29 is 0 Å². The minimum absolute atomic E-state index is 0.476. The first-order chi connectivity index (χ1) is 5.79. The molecular weight excluding hydrogens is 152 g/mol. The fourth-order valence-corrected chi connectivity index (χ4v) is 1.54. The number of nitrogens with zero attached hydrogens (tertiary/aromatic N) is 3. The van der Waals surface area contributed by atoms with Crippen LogP contribution in [0.4, 0.5) is 0 Å². The quantitative estimate of drug-likeness (QED) is 0.660. The number of nitrogens with one attached hydrogen (secondary N) is 1. The van der Waals surface area contributed by atoms with Gasteiger partial charge < -0.3 is 9.88 Å². The van der Waals surface area contributed by atoms with Crippen molar-refractivity contribution in [1.29, 1.82) is 0 Å². The van der Waals surface area contributed by atoms with Crippen molar-refractivity contribution in [2.24, 2.45) is 0 Å². The van der Waals surface area contributed by atoms with Gasteiger partial charge in [-0.3, -0.25) is 0 Å². The van der Waals surface area contributed by atoms with E-state index >= 15 is 0 Å². The van der Waals surface area contributed by atoms with Gasteiger partial charge in [0.05, 0.1) is 6.54 Å². The lowest BCUT2D eigenvalue weighted by Gasteiger charge is -2.16. The predicted molar refractivity (Wildman–Crippen MR) is 45.8 cm³/mol. The van der Waals surface area contributed by atoms with Crippen molar-refractivity contribution in [2.45, 2.75) is 32.9 Å². The van der Waals surface area contributed by atoms with Crippen LogP contribution in [-0.4, -0.2) is 21.3 Å². The van der Waals surface area contributed by atoms with Crippen LogP contribution in [0.5, 0.6) is 0 Å². The van der Waals surface area contributed by atoms with Crippen LogP contribution in [0.1, 0.15) is 31.4 Å². The molecule has 12 heavy (non-hydrogen) atoms. The van der Waals surface area contributed by atoms with Crippen LogP contribution < -0.4 is 5.32 Å². The fraction of sp³-hybridized carbons (Fsp3) is 0.750. The first-order valence-electron chi connectivity index (χ1n) is 4.41. The molecule has 0 unspecified atom stereocenters. The molecule has 0 spiro atoms. The van der Waals surface area contributed by atoms with Crippen molar-refractivity contribution in [2.75, 3.05) is 6.54 Å². The summed E-state index contributed by atoms with van der Waals surface area (Å²) in [6.07, 6.45) is 0. The van der Waals surface area contributed by atoms with E-state index in [1.54, 1.807) is 0 Å². The van der Waals surface area contributed by atoms with Crippen molar-refractivity contribution in [1.82, 2.24) is 20.1 Å². The third kappa shape index (κ3) is 1.12. The van der Waals surface area contributed by atoms with E-state index in [1.165, 1.54) is 0 Å². The van der Waals surface area contributed by atoms with Gasteiger partial charge in [-0.15, -0.1) is 10.2 Å². The Hall–Kier alpha value is -0.900. The molecule has 0 saturated heterocycles. The SMILES string of the molecule is CC(C)c1nnc2n1CCNC2. The summed E-state index contributed by atoms with van der Waals surface area (Å²) in [4.78, 5) is 0. The smallest absolute Gasteiger partial charge is 0.147 e. The molecule has 1 aromatic heterocycles. The molecule has 0 aromatic carbocycles. The van der Waals surface area contributed by atoms with Gasteiger partial charge in [-0.25, -0.2) is 0 Å². The Kier molecular flexibility index (Phi) is 1.84. The first-order valence-corrected chi connectivity index (χ1v) is 4.41. The Morgan fingerprint density at radius 2 is 2.25 bits per heavy atom. The maximum atomic E-state index is 4.17. The maximum Gasteiger partial charge on any atom is 0.147 e. The van der Waals surface area contributed by atoms with E-state index in [4.69, 9.17) is 0 Å². The summed E-state index contributed by atoms with van der Waals surface area (Å²) < 4.78 is 2.22. The Balaban J connectivity index is 2.38. The molecule has 2 heterocycles. The number of aromatic nitrogens is 3. The highest BCUT2D eigenvalue weighted by Crippen LogP contribution is 2.14. The molecule has 0 atom stereocenters. The average Bonchev–Trinajstić information content (AvgIpc) is 2.47. The molecule has 1 aliphatic rings. The Bertz CT molecular complexity index is 277. The summed E-state index contributed by atoms with van der Waals surface area (Å²) >= 11 is 0. The van der Waals surface area contributed by atoms with Crippen molar-refractivity contribution in [3.05, 3.63) is 11.6 Å². The molecule has 0 amide bonds. The Labute approximate surface area is 72.0 Å². The third-order valence-electron chi connectivity index (χ3n) is 2.17. The van der Waals surface area contributed by atoms with Gasteiger partial charge in [0.25, 0.3) is 0 Å². The minimum Gasteiger partial charge on any atom is -0.312 e. The van der Waals surface area contributed by atoms with Crippen molar-refractivity contribution in [3.63, 3.8) is 0 Å². The predicted octanol–water partition coefficient (Wildman–Crippen LogP) is 0.505. The van der Waals surface area contributed by atoms with Gasteiger partial charge in [0.1, 0.15) is 11.6 Å². The molecule has 0 aliphatic carbocycles. The molecule has 1 N–H and O–H groups in total. The van der Waals surface area contributed by atoms with Gasteiger partial charge >= 0.3 is 0 Å². The molecule has 1 aromatic rings. The molecule has 0 fully saturated rings. The molecule has 0 saturated carbocycles. The third-order valence-corrected chi connectivity index (χ3v) is 2.17. The van der Waals surface area contributed by atoms with Crippen LogP contribution in [0.3, 0.4) is 0 Å². The van der Waals surface area contributed by atoms with Crippen LogP contribution in [0, 0.1) is 0 Å². The minimum atomic E-state index is 0.476. The van der Waals surface area contributed by atoms with Crippen molar-refractivity contribution in [3.8, 4) is 0 Å². The molecule has 4 nitrogen and oxygen atoms in total. The van der Waals surface area contributed by atoms with Gasteiger partial charge in [-0.2, -0.15) is 0 Å². The van der Waals surface area contributed by atoms with Crippen LogP contribution in [0.15, 0.2) is 0 Å². The average molecular weight is 166 g/mol. The number of fused-ring (bicyclic) bond motifs is 1. The first kappa shape index (κ1) is 7.73. The standard InChI is InChI=1S/C8H14N4/c1-6(2)8-11-10-7-5-9-3-4-12(7)8/h6,9H,3-5H2,1-2H3. The highest BCUT2D eigenvalue weighted by atomic mass is 15.3. The Morgan fingerprint density at radius 1 is 1.42 bits per heavy atom. The van der Waals surface area contributed by atoms with E-state index in [9.17, 15) is 0 Å². The molecule has 0 bridgehead atoms. The normalized spacial score (nSPS) is 16.6. The second-order valence-electron chi connectivity index (χ2n) is 3.46. The van der Waals surface area contributed by atoms with E-state index in [-0.39, 0.29) is 0 Å². The lowest BCUT2D eigenvalue weighted by atomic mass is 10.2. The molecule has 4 heteroatoms. The number of hydrogen-bond donors (Lipinski definition) is 1. The maximum absolute atomic E-state index is 4.17. The summed E-state index contributed by atoms with van der Waals surface area (Å²) in [7, 11) is 0. The zero-order valence-electron chi connectivity index (χ0n) is 7.54. The second-order valence-corrected chi connectivity index (χ2v) is 3.46. The number of hydrogen-bond acceptors (Lipinski definition) is 3. The fourth-order valence-electron chi connectivity index (χ4n) is 1.54. The zero-order chi connectivity index (χ0) is 8.55. The highest BCUT2D eigenvalue weighted by Gasteiger charge is 2.16. The zero-order valence-corrected chi connectivity index (χ0v) is 7.54. The second kappa shape index (κ2) is 2.86. The van der Waals surface area contributed by atoms with Crippen LogP contribution in [0.2, 0.25) is 0 Å². The van der Waals surface area contributed by atoms with E-state index in [1.807, 2.05) is 0 Å². The van der Waals surface area contributed by atoms with E-state index in [0.717, 1.165) is 31.3 Å². The van der Waals surface area contributed by atoms with Crippen LogP contribution in [0.25, 0.3) is 0 Å². The summed E-state index contributed by atoms with van der Waals surface area (Å²) in [5.41, 5.74) is 0. The molecule has 66 valence electrons. The van der Waals surface area contributed by atoms with E-state index in [2.05, 4.69) is 33.9 Å². The topological polar surface area (TPSA) is 42.7 Å². The summed E-state index contributed by atoms with van der Waals surface area (Å²) in [5, 5.41) is 11.6. The van der Waals surface area contributed by atoms with Crippen LogP contribution in [-0.2, 0) is 13.1 Å². The molecule has 1 aliphatic heterocycles. The summed E-state index contributed by atoms with van der Waals surface area (Å²) in [5.74, 6) is 2.67. The van der Waals surface area contributed by atoms with E-state index in [0.29, 0.717) is 5.92 Å². The molecule has 0 radical (unpaired) electrons. The van der Waals surface area contributed by atoms with Gasteiger partial charge in [0, 0.05) is 19.0 Å². The Morgan fingerprint density at radius 3 is 3.00 bits per heavy atom. The van der Waals surface area contributed by atoms with Crippen LogP contribution >= 0.6 is 0 Å². The van der Waals surface area contributed by atoms with Gasteiger partial charge in [0.15, 0.2) is 0 Å². The number of rotatable bonds is 1. The molecule has 2 rings (SSSR count). The largest absolute Gasteiger partial charge is 0.312 e.